The topological polar surface area (TPSA) is 91.9 Å². The zero-order valence-corrected chi connectivity index (χ0v) is 6.77. The molecule has 5 nitrogen and oxygen atoms in total. The van der Waals surface area contributed by atoms with Gasteiger partial charge in [0.2, 0.25) is 0 Å². The fourth-order valence-corrected chi connectivity index (χ4v) is 1.26. The molecule has 0 bridgehead atoms. The summed E-state index contributed by atoms with van der Waals surface area (Å²) in [5, 5.41) is 15.4. The van der Waals surface area contributed by atoms with E-state index in [9.17, 15) is 5.21 Å². The van der Waals surface area contributed by atoms with Gasteiger partial charge in [-0.3, -0.25) is 0 Å². The van der Waals surface area contributed by atoms with Crippen LogP contribution in [0.3, 0.4) is 0 Å². The lowest BCUT2D eigenvalue weighted by molar-refractivity contribution is -0.642. The molecule has 2 rings (SSSR count). The largest absolute Gasteiger partial charge is 0.594 e. The van der Waals surface area contributed by atoms with E-state index < -0.39 is 0 Å². The summed E-state index contributed by atoms with van der Waals surface area (Å²) >= 11 is 0. The predicted octanol–water partition coefficient (Wildman–Crippen LogP) is 0.0326. The lowest BCUT2D eigenvalue weighted by Crippen LogP contribution is -2.32. The normalized spacial score (nSPS) is 10.5. The molecule has 4 N–H and O–H groups in total. The van der Waals surface area contributed by atoms with E-state index in [1.807, 2.05) is 0 Å². The van der Waals surface area contributed by atoms with Crippen LogP contribution in [0, 0.1) is 5.21 Å². The van der Waals surface area contributed by atoms with Crippen LogP contribution < -0.4 is 16.3 Å². The first kappa shape index (κ1) is 7.60. The molecule has 5 heteroatoms. The van der Waals surface area contributed by atoms with Crippen LogP contribution in [0.15, 0.2) is 24.4 Å². The third kappa shape index (κ3) is 1.01. The quantitative estimate of drug-likeness (QED) is 0.336. The molecule has 0 aliphatic carbocycles. The summed E-state index contributed by atoms with van der Waals surface area (Å²) < 4.78 is 0. The van der Waals surface area contributed by atoms with Crippen molar-refractivity contribution in [2.45, 2.75) is 0 Å². The maximum absolute atomic E-state index is 11.2. The van der Waals surface area contributed by atoms with E-state index in [0.29, 0.717) is 27.1 Å². The van der Waals surface area contributed by atoms with Crippen molar-refractivity contribution >= 4 is 22.3 Å². The van der Waals surface area contributed by atoms with Crippen molar-refractivity contribution in [1.82, 2.24) is 5.10 Å². The molecule has 2 aromatic rings. The molecule has 0 aliphatic rings. The van der Waals surface area contributed by atoms with E-state index >= 15 is 0 Å². The summed E-state index contributed by atoms with van der Waals surface area (Å²) in [5.41, 5.74) is 12.5. The number of hydrogen-bond acceptors (Lipinski definition) is 4. The Balaban J connectivity index is 3.00. The third-order valence-corrected chi connectivity index (χ3v) is 1.89. The zero-order valence-electron chi connectivity index (χ0n) is 6.77. The van der Waals surface area contributed by atoms with E-state index in [-0.39, 0.29) is 0 Å². The van der Waals surface area contributed by atoms with Gasteiger partial charge in [0.1, 0.15) is 5.69 Å². The van der Waals surface area contributed by atoms with Crippen molar-refractivity contribution in [2.24, 2.45) is 0 Å². The van der Waals surface area contributed by atoms with Crippen LogP contribution in [-0.2, 0) is 0 Å². The highest BCUT2D eigenvalue weighted by molar-refractivity contribution is 5.95. The molecular formula is C8H8N4O. The Hall–Kier alpha value is -2.04. The minimum absolute atomic E-state index is 0.322. The number of hydrogen-bond donors (Lipinski definition) is 2. The van der Waals surface area contributed by atoms with E-state index in [0.717, 1.165) is 0 Å². The van der Waals surface area contributed by atoms with E-state index in [1.165, 1.54) is 6.20 Å². The summed E-state index contributed by atoms with van der Waals surface area (Å²) in [4.78, 5) is 0.473. The highest BCUT2D eigenvalue weighted by Crippen LogP contribution is 2.21. The minimum Gasteiger partial charge on any atom is -0.594 e. The summed E-state index contributed by atoms with van der Waals surface area (Å²) in [6, 6.07) is 4.92. The van der Waals surface area contributed by atoms with Crippen LogP contribution in [0.4, 0.5) is 11.4 Å². The predicted molar refractivity (Wildman–Crippen MR) is 49.5 cm³/mol. The maximum Gasteiger partial charge on any atom is 0.276 e. The van der Waals surface area contributed by atoms with Crippen LogP contribution in [0.25, 0.3) is 10.9 Å². The third-order valence-electron chi connectivity index (χ3n) is 1.89. The number of nitrogens with zero attached hydrogens (tertiary/aromatic N) is 2. The molecule has 0 aliphatic heterocycles. The molecule has 1 aromatic heterocycles. The highest BCUT2D eigenvalue weighted by Gasteiger charge is 2.10. The smallest absolute Gasteiger partial charge is 0.276 e. The number of nitrogens with two attached hydrogens (primary N) is 2. The van der Waals surface area contributed by atoms with Crippen LogP contribution >= 0.6 is 0 Å². The second-order valence-corrected chi connectivity index (χ2v) is 2.71. The number of nitrogen functional groups attached to an aromatic ring is 2. The Bertz CT molecular complexity index is 461. The lowest BCUT2D eigenvalue weighted by atomic mass is 10.2. The van der Waals surface area contributed by atoms with Crippen molar-refractivity contribution in [2.75, 3.05) is 11.5 Å². The SMILES string of the molecule is Nc1ccc(N)c2c1ccn[n+]2[O-]. The second-order valence-electron chi connectivity index (χ2n) is 2.71. The van der Waals surface area contributed by atoms with Gasteiger partial charge in [-0.25, -0.2) is 0 Å². The van der Waals surface area contributed by atoms with Gasteiger partial charge in [-0.05, 0) is 23.0 Å². The molecular weight excluding hydrogens is 168 g/mol. The molecule has 0 atom stereocenters. The number of benzene rings is 1. The van der Waals surface area contributed by atoms with Crippen LogP contribution in [0.1, 0.15) is 0 Å². The van der Waals surface area contributed by atoms with E-state index in [2.05, 4.69) is 5.10 Å². The summed E-state index contributed by atoms with van der Waals surface area (Å²) in [7, 11) is 0. The molecule has 66 valence electrons. The second kappa shape index (κ2) is 2.48. The standard InChI is InChI=1S/C8H8N4O/c9-6-1-2-7(10)8-5(6)3-4-11-12(8)13/h1-4H,9-10H2. The van der Waals surface area contributed by atoms with Gasteiger partial charge in [0.15, 0.2) is 0 Å². The van der Waals surface area contributed by atoms with Crippen LogP contribution in [0.2, 0.25) is 0 Å². The fraction of sp³-hybridized carbons (Fsp3) is 0. The van der Waals surface area contributed by atoms with Gasteiger partial charge in [0, 0.05) is 10.8 Å². The van der Waals surface area contributed by atoms with Crippen molar-refractivity contribution < 1.29 is 4.85 Å². The molecule has 0 unspecified atom stereocenters. The molecule has 0 spiro atoms. The van der Waals surface area contributed by atoms with Gasteiger partial charge >= 0.3 is 0 Å². The van der Waals surface area contributed by atoms with Gasteiger partial charge in [-0.1, -0.05) is 0 Å². The Morgan fingerprint density at radius 3 is 2.54 bits per heavy atom. The average Bonchev–Trinajstić information content (AvgIpc) is 2.12. The Kier molecular flexibility index (Phi) is 1.45. The molecule has 0 amide bonds. The summed E-state index contributed by atoms with van der Waals surface area (Å²) in [6.45, 7) is 0. The molecule has 1 heterocycles. The van der Waals surface area contributed by atoms with Crippen molar-refractivity contribution in [3.05, 3.63) is 29.6 Å². The van der Waals surface area contributed by atoms with Crippen molar-refractivity contribution in [3.63, 3.8) is 0 Å². The summed E-state index contributed by atoms with van der Waals surface area (Å²) in [5.74, 6) is 0. The Labute approximate surface area is 74.2 Å². The fourth-order valence-electron chi connectivity index (χ4n) is 1.26. The number of rotatable bonds is 0. The molecule has 0 radical (unpaired) electrons. The number of anilines is 2. The maximum atomic E-state index is 11.2. The van der Waals surface area contributed by atoms with Gasteiger partial charge in [-0.15, -0.1) is 0 Å². The molecule has 0 fully saturated rings. The van der Waals surface area contributed by atoms with Gasteiger partial charge in [-0.2, -0.15) is 0 Å². The van der Waals surface area contributed by atoms with Crippen molar-refractivity contribution in [1.29, 1.82) is 0 Å². The van der Waals surface area contributed by atoms with Crippen LogP contribution in [-0.4, -0.2) is 5.10 Å². The van der Waals surface area contributed by atoms with Crippen molar-refractivity contribution in [3.8, 4) is 0 Å². The lowest BCUT2D eigenvalue weighted by Gasteiger charge is -2.02. The molecule has 0 saturated carbocycles. The Morgan fingerprint density at radius 2 is 1.85 bits per heavy atom. The summed E-state index contributed by atoms with van der Waals surface area (Å²) in [6.07, 6.45) is 1.39. The first-order valence-corrected chi connectivity index (χ1v) is 3.72. The molecule has 13 heavy (non-hydrogen) atoms. The minimum atomic E-state index is 0.322. The van der Waals surface area contributed by atoms with Gasteiger partial charge in [0.25, 0.3) is 5.52 Å². The van der Waals surface area contributed by atoms with Crippen LogP contribution in [0.5, 0.6) is 0 Å². The first-order chi connectivity index (χ1) is 6.20. The molecule has 1 aromatic carbocycles. The number of fused-ring (bicyclic) bond motifs is 1. The van der Waals surface area contributed by atoms with E-state index in [1.54, 1.807) is 18.2 Å². The molecule has 0 saturated heterocycles. The Morgan fingerprint density at radius 1 is 1.15 bits per heavy atom. The van der Waals surface area contributed by atoms with Gasteiger partial charge in [0.05, 0.1) is 11.6 Å². The first-order valence-electron chi connectivity index (χ1n) is 3.72. The van der Waals surface area contributed by atoms with E-state index in [4.69, 9.17) is 11.5 Å². The monoisotopic (exact) mass is 176 g/mol. The number of aromatic nitrogens is 2. The highest BCUT2D eigenvalue weighted by atomic mass is 16.5. The van der Waals surface area contributed by atoms with Gasteiger partial charge < -0.3 is 16.7 Å². The zero-order chi connectivity index (χ0) is 9.42. The average molecular weight is 176 g/mol.